The van der Waals surface area contributed by atoms with Crippen molar-refractivity contribution in [2.75, 3.05) is 5.32 Å². The van der Waals surface area contributed by atoms with E-state index in [1.165, 1.54) is 44.9 Å². The first-order valence-electron chi connectivity index (χ1n) is 8.06. The molecule has 0 fully saturated rings. The van der Waals surface area contributed by atoms with E-state index >= 15 is 0 Å². The zero-order chi connectivity index (χ0) is 17.4. The SMILES string of the molecule is CC1CCc2sc(C(=O)Nc3cc(-n4cnnn4)ccc3F)cc2C1. The Labute approximate surface area is 147 Å². The summed E-state index contributed by atoms with van der Waals surface area (Å²) in [7, 11) is 0. The van der Waals surface area contributed by atoms with Crippen LogP contribution in [0.15, 0.2) is 30.6 Å². The van der Waals surface area contributed by atoms with Crippen molar-refractivity contribution >= 4 is 22.9 Å². The van der Waals surface area contributed by atoms with Crippen molar-refractivity contribution in [2.24, 2.45) is 5.92 Å². The highest BCUT2D eigenvalue weighted by atomic mass is 32.1. The zero-order valence-electron chi connectivity index (χ0n) is 13.6. The van der Waals surface area contributed by atoms with Crippen molar-refractivity contribution < 1.29 is 9.18 Å². The van der Waals surface area contributed by atoms with Crippen molar-refractivity contribution in [3.05, 3.63) is 51.7 Å². The topological polar surface area (TPSA) is 72.7 Å². The number of nitrogens with zero attached hydrogens (tertiary/aromatic N) is 4. The second kappa shape index (κ2) is 6.36. The summed E-state index contributed by atoms with van der Waals surface area (Å²) in [6, 6.07) is 6.29. The van der Waals surface area contributed by atoms with Gasteiger partial charge in [0, 0.05) is 4.88 Å². The predicted octanol–water partition coefficient (Wildman–Crippen LogP) is 3.24. The molecule has 2 heterocycles. The molecule has 1 N–H and O–H groups in total. The van der Waals surface area contributed by atoms with E-state index < -0.39 is 5.82 Å². The Morgan fingerprint density at radius 3 is 3.08 bits per heavy atom. The molecular weight excluding hydrogens is 341 g/mol. The van der Waals surface area contributed by atoms with E-state index in [-0.39, 0.29) is 11.6 Å². The minimum Gasteiger partial charge on any atom is -0.319 e. The summed E-state index contributed by atoms with van der Waals surface area (Å²) in [4.78, 5) is 14.4. The van der Waals surface area contributed by atoms with Gasteiger partial charge in [0.05, 0.1) is 16.3 Å². The van der Waals surface area contributed by atoms with Gasteiger partial charge in [0.1, 0.15) is 12.1 Å². The van der Waals surface area contributed by atoms with Crippen LogP contribution >= 0.6 is 11.3 Å². The number of benzene rings is 1. The molecule has 2 aromatic heterocycles. The molecule has 0 saturated heterocycles. The van der Waals surface area contributed by atoms with E-state index in [2.05, 4.69) is 27.8 Å². The lowest BCUT2D eigenvalue weighted by Crippen LogP contribution is -2.12. The van der Waals surface area contributed by atoms with Crippen LogP contribution in [0.1, 0.15) is 33.5 Å². The third-order valence-electron chi connectivity index (χ3n) is 4.36. The lowest BCUT2D eigenvalue weighted by Gasteiger charge is -2.16. The Bertz CT molecular complexity index is 921. The molecule has 1 aliphatic carbocycles. The summed E-state index contributed by atoms with van der Waals surface area (Å²) >= 11 is 1.50. The Hall–Kier alpha value is -2.61. The van der Waals surface area contributed by atoms with Crippen molar-refractivity contribution in [1.29, 1.82) is 0 Å². The second-order valence-electron chi connectivity index (χ2n) is 6.28. The van der Waals surface area contributed by atoms with Crippen molar-refractivity contribution in [3.8, 4) is 5.69 Å². The van der Waals surface area contributed by atoms with Crippen molar-refractivity contribution in [1.82, 2.24) is 20.2 Å². The molecule has 0 saturated carbocycles. The number of carbonyl (C=O) groups is 1. The summed E-state index contributed by atoms with van der Waals surface area (Å²) in [6.45, 7) is 2.22. The second-order valence-corrected chi connectivity index (χ2v) is 7.42. The lowest BCUT2D eigenvalue weighted by molar-refractivity contribution is 0.103. The normalized spacial score (nSPS) is 16.5. The number of thiophene rings is 1. The Morgan fingerprint density at radius 1 is 1.40 bits per heavy atom. The van der Waals surface area contributed by atoms with E-state index in [9.17, 15) is 9.18 Å². The first kappa shape index (κ1) is 15.9. The summed E-state index contributed by atoms with van der Waals surface area (Å²) in [5.41, 5.74) is 1.93. The highest BCUT2D eigenvalue weighted by Gasteiger charge is 2.21. The van der Waals surface area contributed by atoms with Gasteiger partial charge in [-0.15, -0.1) is 16.4 Å². The van der Waals surface area contributed by atoms with Crippen molar-refractivity contribution in [3.63, 3.8) is 0 Å². The first-order chi connectivity index (χ1) is 12.1. The van der Waals surface area contributed by atoms with Gasteiger partial charge in [-0.05, 0) is 65.4 Å². The van der Waals surface area contributed by atoms with Gasteiger partial charge in [-0.2, -0.15) is 0 Å². The number of fused-ring (bicyclic) bond motifs is 1. The van der Waals surface area contributed by atoms with E-state index in [1.54, 1.807) is 6.07 Å². The van der Waals surface area contributed by atoms with Crippen LogP contribution < -0.4 is 5.32 Å². The van der Waals surface area contributed by atoms with Crippen LogP contribution in [-0.4, -0.2) is 26.1 Å². The zero-order valence-corrected chi connectivity index (χ0v) is 14.4. The molecule has 0 spiro atoms. The minimum atomic E-state index is -0.500. The number of carbonyl (C=O) groups excluding carboxylic acids is 1. The van der Waals surface area contributed by atoms with Crippen LogP contribution in [0.2, 0.25) is 0 Å². The fourth-order valence-electron chi connectivity index (χ4n) is 3.03. The number of nitrogens with one attached hydrogen (secondary N) is 1. The molecule has 0 aliphatic heterocycles. The van der Waals surface area contributed by atoms with Crippen LogP contribution in [0, 0.1) is 11.7 Å². The Kier molecular flexibility index (Phi) is 4.04. The highest BCUT2D eigenvalue weighted by Crippen LogP contribution is 2.32. The number of aromatic nitrogens is 4. The molecule has 8 heteroatoms. The molecule has 3 aromatic rings. The number of anilines is 1. The van der Waals surface area contributed by atoms with E-state index in [4.69, 9.17) is 0 Å². The van der Waals surface area contributed by atoms with Crippen LogP contribution in [0.25, 0.3) is 5.69 Å². The summed E-state index contributed by atoms with van der Waals surface area (Å²) in [5, 5.41) is 13.5. The number of hydrogen-bond acceptors (Lipinski definition) is 5. The molecule has 1 aromatic carbocycles. The van der Waals surface area contributed by atoms with E-state index in [1.807, 2.05) is 6.07 Å². The van der Waals surface area contributed by atoms with Crippen LogP contribution in [-0.2, 0) is 12.8 Å². The van der Waals surface area contributed by atoms with Gasteiger partial charge in [-0.3, -0.25) is 4.79 Å². The number of tetrazole rings is 1. The van der Waals surface area contributed by atoms with Gasteiger partial charge in [-0.1, -0.05) is 6.92 Å². The smallest absolute Gasteiger partial charge is 0.265 e. The third kappa shape index (κ3) is 3.17. The molecule has 0 radical (unpaired) electrons. The van der Waals surface area contributed by atoms with Gasteiger partial charge in [0.2, 0.25) is 0 Å². The molecule has 1 atom stereocenters. The number of hydrogen-bond donors (Lipinski definition) is 1. The average Bonchev–Trinajstić information content (AvgIpc) is 3.25. The maximum atomic E-state index is 14.1. The van der Waals surface area contributed by atoms with Gasteiger partial charge in [0.25, 0.3) is 5.91 Å². The maximum absolute atomic E-state index is 14.1. The fraction of sp³-hybridized carbons (Fsp3) is 0.294. The lowest BCUT2D eigenvalue weighted by atomic mass is 9.90. The standard InChI is InChI=1S/C17H16FN5OS/c1-10-2-5-15-11(6-10)7-16(25-15)17(24)20-14-8-12(3-4-13(14)18)23-9-19-21-22-23/h3-4,7-10H,2,5-6H2,1H3,(H,20,24). The predicted molar refractivity (Wildman–Crippen MR) is 92.6 cm³/mol. The first-order valence-corrected chi connectivity index (χ1v) is 8.87. The average molecular weight is 357 g/mol. The molecule has 6 nitrogen and oxygen atoms in total. The van der Waals surface area contributed by atoms with E-state index in [0.29, 0.717) is 16.5 Å². The summed E-state index contributed by atoms with van der Waals surface area (Å²) in [5.74, 6) is -0.150. The van der Waals surface area contributed by atoms with Crippen LogP contribution in [0.4, 0.5) is 10.1 Å². The molecular formula is C17H16FN5OS. The number of halogens is 1. The van der Waals surface area contributed by atoms with Crippen LogP contribution in [0.5, 0.6) is 0 Å². The van der Waals surface area contributed by atoms with E-state index in [0.717, 1.165) is 19.3 Å². The van der Waals surface area contributed by atoms with Crippen molar-refractivity contribution in [2.45, 2.75) is 26.2 Å². The third-order valence-corrected chi connectivity index (χ3v) is 5.60. The molecule has 4 rings (SSSR count). The molecule has 25 heavy (non-hydrogen) atoms. The van der Waals surface area contributed by atoms with Gasteiger partial charge < -0.3 is 5.32 Å². The Morgan fingerprint density at radius 2 is 2.28 bits per heavy atom. The van der Waals surface area contributed by atoms with Gasteiger partial charge >= 0.3 is 0 Å². The number of amides is 1. The highest BCUT2D eigenvalue weighted by molar-refractivity contribution is 7.14. The molecule has 0 bridgehead atoms. The van der Waals surface area contributed by atoms with Gasteiger partial charge in [-0.25, -0.2) is 9.07 Å². The molecule has 1 unspecified atom stereocenters. The monoisotopic (exact) mass is 357 g/mol. The number of aryl methyl sites for hydroxylation is 1. The fourth-order valence-corrected chi connectivity index (χ4v) is 4.14. The Balaban J connectivity index is 1.58. The van der Waals surface area contributed by atoms with Gasteiger partial charge in [0.15, 0.2) is 0 Å². The summed E-state index contributed by atoms with van der Waals surface area (Å²) in [6.07, 6.45) is 4.57. The maximum Gasteiger partial charge on any atom is 0.265 e. The molecule has 1 aliphatic rings. The molecule has 128 valence electrons. The quantitative estimate of drug-likeness (QED) is 0.781. The largest absolute Gasteiger partial charge is 0.319 e. The summed E-state index contributed by atoms with van der Waals surface area (Å²) < 4.78 is 15.5. The van der Waals surface area contributed by atoms with Crippen LogP contribution in [0.3, 0.4) is 0 Å². The number of rotatable bonds is 3. The molecule has 1 amide bonds. The minimum absolute atomic E-state index is 0.109.